The summed E-state index contributed by atoms with van der Waals surface area (Å²) >= 11 is 0. The van der Waals surface area contributed by atoms with E-state index in [0.717, 1.165) is 6.54 Å². The molecule has 0 aromatic carbocycles. The van der Waals surface area contributed by atoms with Crippen molar-refractivity contribution in [3.63, 3.8) is 0 Å². The summed E-state index contributed by atoms with van der Waals surface area (Å²) in [6.07, 6.45) is 2.66. The first kappa shape index (κ1) is 19.7. The van der Waals surface area contributed by atoms with Crippen molar-refractivity contribution in [3.8, 4) is 0 Å². The first-order chi connectivity index (χ1) is 11.5. The monoisotopic (exact) mass is 366 g/mol. The summed E-state index contributed by atoms with van der Waals surface area (Å²) in [5.74, 6) is 0. The summed E-state index contributed by atoms with van der Waals surface area (Å²) in [6.45, 7) is 12.4. The number of anilines is 2. The summed E-state index contributed by atoms with van der Waals surface area (Å²) in [7, 11) is -1.91. The summed E-state index contributed by atoms with van der Waals surface area (Å²) in [5.41, 5.74) is 6.78. The molecule has 1 aromatic heterocycles. The number of hydrogen-bond donors (Lipinski definition) is 3. The van der Waals surface area contributed by atoms with Gasteiger partial charge in [-0.3, -0.25) is 9.88 Å². The van der Waals surface area contributed by atoms with Crippen molar-refractivity contribution in [1.82, 2.24) is 10.3 Å². The molecule has 1 aliphatic heterocycles. The molecule has 1 aliphatic rings. The fourth-order valence-electron chi connectivity index (χ4n) is 2.84. The lowest BCUT2D eigenvalue weighted by Crippen LogP contribution is -2.56. The highest BCUT2D eigenvalue weighted by atomic mass is 28.4. The Hall–Kier alpha value is -1.64. The van der Waals surface area contributed by atoms with Crippen molar-refractivity contribution in [2.45, 2.75) is 57.5 Å². The zero-order valence-corrected chi connectivity index (χ0v) is 16.7. The van der Waals surface area contributed by atoms with Crippen molar-refractivity contribution < 1.29 is 14.3 Å². The van der Waals surface area contributed by atoms with Crippen LogP contribution in [-0.2, 0) is 4.43 Å². The molecular weight excluding hydrogens is 336 g/mol. The quantitative estimate of drug-likeness (QED) is 0.708. The van der Waals surface area contributed by atoms with Crippen LogP contribution in [0, 0.1) is 0 Å². The van der Waals surface area contributed by atoms with Gasteiger partial charge in [0.1, 0.15) is 0 Å². The van der Waals surface area contributed by atoms with Crippen LogP contribution in [0.5, 0.6) is 0 Å². The third-order valence-corrected chi connectivity index (χ3v) is 9.75. The number of nitrogens with two attached hydrogens (primary N) is 1. The van der Waals surface area contributed by atoms with Gasteiger partial charge in [0, 0.05) is 19.3 Å². The van der Waals surface area contributed by atoms with Gasteiger partial charge in [-0.25, -0.2) is 4.79 Å². The number of nitrogens with zero attached hydrogens (tertiary/aromatic N) is 2. The van der Waals surface area contributed by atoms with Crippen LogP contribution in [0.25, 0.3) is 0 Å². The van der Waals surface area contributed by atoms with Crippen LogP contribution >= 0.6 is 0 Å². The molecule has 140 valence electrons. The van der Waals surface area contributed by atoms with E-state index in [0.29, 0.717) is 24.3 Å². The third-order valence-electron chi connectivity index (χ3n) is 5.21. The zero-order valence-electron chi connectivity index (χ0n) is 15.7. The van der Waals surface area contributed by atoms with Gasteiger partial charge in [0.2, 0.25) is 0 Å². The van der Waals surface area contributed by atoms with Gasteiger partial charge < -0.3 is 20.6 Å². The van der Waals surface area contributed by atoms with E-state index in [-0.39, 0.29) is 17.2 Å². The van der Waals surface area contributed by atoms with Gasteiger partial charge >= 0.3 is 6.09 Å². The van der Waals surface area contributed by atoms with E-state index in [1.54, 1.807) is 12.3 Å². The maximum Gasteiger partial charge on any atom is 0.412 e. The number of nitrogen functional groups attached to an aromatic ring is 1. The first-order valence-electron chi connectivity index (χ1n) is 8.63. The van der Waals surface area contributed by atoms with Gasteiger partial charge in [-0.2, -0.15) is 0 Å². The molecular formula is C17H30N4O3Si. The Morgan fingerprint density at radius 2 is 2.12 bits per heavy atom. The number of aromatic nitrogens is 1. The maximum absolute atomic E-state index is 11.9. The molecule has 2 rings (SSSR count). The molecule has 2 atom stereocenters. The molecule has 1 fully saturated rings. The minimum absolute atomic E-state index is 0.00967. The van der Waals surface area contributed by atoms with Gasteiger partial charge in [0.05, 0.1) is 29.7 Å². The van der Waals surface area contributed by atoms with Crippen molar-refractivity contribution in [3.05, 3.63) is 18.5 Å². The van der Waals surface area contributed by atoms with E-state index in [1.807, 2.05) is 0 Å². The SMILES string of the molecule is CC(C)(C)[Si](C)(C)O[C@H]1CNC[C@@H](N(C(=O)O)c2ccncc2N)C1. The Morgan fingerprint density at radius 1 is 1.44 bits per heavy atom. The molecule has 0 saturated carbocycles. The standard InChI is InChI=1S/C17H30N4O3Si/c1-17(2,3)25(4,5)24-13-8-12(9-20-10-13)21(16(22)23)15-6-7-19-11-14(15)18/h6-7,11-13,20H,8-10,18H2,1-5H3,(H,22,23)/t12-,13+/m0/s1. The van der Waals surface area contributed by atoms with E-state index < -0.39 is 14.4 Å². The molecule has 0 aliphatic carbocycles. The van der Waals surface area contributed by atoms with Gasteiger partial charge in [-0.15, -0.1) is 0 Å². The average molecular weight is 367 g/mol. The van der Waals surface area contributed by atoms with E-state index in [1.165, 1.54) is 11.1 Å². The number of piperidine rings is 1. The minimum Gasteiger partial charge on any atom is -0.465 e. The lowest BCUT2D eigenvalue weighted by Gasteiger charge is -2.43. The van der Waals surface area contributed by atoms with Crippen molar-refractivity contribution >= 4 is 25.8 Å². The number of carbonyl (C=O) groups is 1. The predicted molar refractivity (Wildman–Crippen MR) is 102 cm³/mol. The lowest BCUT2D eigenvalue weighted by atomic mass is 10.0. The average Bonchev–Trinajstić information content (AvgIpc) is 2.48. The Balaban J connectivity index is 2.18. The van der Waals surface area contributed by atoms with Gasteiger partial charge in [0.25, 0.3) is 0 Å². The zero-order chi connectivity index (χ0) is 18.8. The second-order valence-electron chi connectivity index (χ2n) is 8.14. The number of pyridine rings is 1. The van der Waals surface area contributed by atoms with E-state index in [9.17, 15) is 9.90 Å². The van der Waals surface area contributed by atoms with Crippen molar-refractivity contribution in [2.24, 2.45) is 0 Å². The molecule has 1 saturated heterocycles. The summed E-state index contributed by atoms with van der Waals surface area (Å²) in [5, 5.41) is 13.2. The summed E-state index contributed by atoms with van der Waals surface area (Å²) < 4.78 is 6.48. The fraction of sp³-hybridized carbons (Fsp3) is 0.647. The highest BCUT2D eigenvalue weighted by molar-refractivity contribution is 6.74. The molecule has 1 amide bonds. The molecule has 0 unspecified atom stereocenters. The van der Waals surface area contributed by atoms with E-state index in [4.69, 9.17) is 10.2 Å². The molecule has 7 nitrogen and oxygen atoms in total. The molecule has 25 heavy (non-hydrogen) atoms. The van der Waals surface area contributed by atoms with Gasteiger partial charge in [-0.05, 0) is 30.6 Å². The summed E-state index contributed by atoms with van der Waals surface area (Å²) in [6, 6.07) is 1.41. The largest absolute Gasteiger partial charge is 0.465 e. The van der Waals surface area contributed by atoms with Crippen LogP contribution in [-0.4, -0.2) is 49.7 Å². The number of hydrogen-bond acceptors (Lipinski definition) is 5. The topological polar surface area (TPSA) is 101 Å². The van der Waals surface area contributed by atoms with E-state index >= 15 is 0 Å². The third kappa shape index (κ3) is 4.50. The number of rotatable bonds is 4. The maximum atomic E-state index is 11.9. The second-order valence-corrected chi connectivity index (χ2v) is 12.9. The van der Waals surface area contributed by atoms with Gasteiger partial charge in [0.15, 0.2) is 8.32 Å². The molecule has 0 radical (unpaired) electrons. The molecule has 1 aromatic rings. The first-order valence-corrected chi connectivity index (χ1v) is 11.5. The van der Waals surface area contributed by atoms with Crippen LogP contribution in [0.15, 0.2) is 18.5 Å². The van der Waals surface area contributed by atoms with Crippen LogP contribution < -0.4 is 16.0 Å². The van der Waals surface area contributed by atoms with Crippen LogP contribution in [0.1, 0.15) is 27.2 Å². The van der Waals surface area contributed by atoms with Crippen LogP contribution in [0.4, 0.5) is 16.2 Å². The van der Waals surface area contributed by atoms with Crippen molar-refractivity contribution in [1.29, 1.82) is 0 Å². The smallest absolute Gasteiger partial charge is 0.412 e. The minimum atomic E-state index is -1.91. The second kappa shape index (κ2) is 7.31. The normalized spacial score (nSPS) is 21.8. The molecule has 8 heteroatoms. The summed E-state index contributed by atoms with van der Waals surface area (Å²) in [4.78, 5) is 17.2. The van der Waals surface area contributed by atoms with Crippen LogP contribution in [0.2, 0.25) is 18.1 Å². The number of nitrogens with one attached hydrogen (secondary N) is 1. The molecule has 4 N–H and O–H groups in total. The Kier molecular flexibility index (Phi) is 5.75. The Morgan fingerprint density at radius 3 is 2.68 bits per heavy atom. The molecule has 2 heterocycles. The molecule has 0 spiro atoms. The molecule has 0 bridgehead atoms. The number of carboxylic acid groups (broad SMARTS) is 1. The van der Waals surface area contributed by atoms with E-state index in [2.05, 4.69) is 44.2 Å². The predicted octanol–water partition coefficient (Wildman–Crippen LogP) is 2.90. The Bertz CT molecular complexity index is 618. The lowest BCUT2D eigenvalue weighted by molar-refractivity contribution is 0.135. The number of amides is 1. The highest BCUT2D eigenvalue weighted by Gasteiger charge is 2.41. The van der Waals surface area contributed by atoms with Crippen molar-refractivity contribution in [2.75, 3.05) is 23.7 Å². The highest BCUT2D eigenvalue weighted by Crippen LogP contribution is 2.38. The fourth-order valence-corrected chi connectivity index (χ4v) is 4.20. The Labute approximate surface area is 150 Å². The van der Waals surface area contributed by atoms with Crippen LogP contribution in [0.3, 0.4) is 0 Å². The van der Waals surface area contributed by atoms with Gasteiger partial charge in [-0.1, -0.05) is 20.8 Å².